The normalized spacial score (nSPS) is 14.6. The Morgan fingerprint density at radius 2 is 2.42 bits per heavy atom. The molecular formula is C14H18N4O. The molecule has 0 saturated heterocycles. The number of hydrogen-bond donors (Lipinski definition) is 2. The summed E-state index contributed by atoms with van der Waals surface area (Å²) in [7, 11) is 2.01. The molecule has 2 aromatic heterocycles. The summed E-state index contributed by atoms with van der Waals surface area (Å²) in [5, 5.41) is 9.92. The van der Waals surface area contributed by atoms with Crippen molar-refractivity contribution in [2.75, 3.05) is 6.54 Å². The highest BCUT2D eigenvalue weighted by atomic mass is 16.1. The van der Waals surface area contributed by atoms with Crippen molar-refractivity contribution < 1.29 is 4.79 Å². The molecule has 1 fully saturated rings. The van der Waals surface area contributed by atoms with Gasteiger partial charge < -0.3 is 9.88 Å². The molecule has 5 heteroatoms. The van der Waals surface area contributed by atoms with E-state index in [0.29, 0.717) is 18.2 Å². The molecule has 3 rings (SSSR count). The van der Waals surface area contributed by atoms with Crippen LogP contribution < -0.4 is 5.32 Å². The highest BCUT2D eigenvalue weighted by Gasteiger charge is 2.26. The molecule has 2 heterocycles. The number of amides is 1. The Bertz CT molecular complexity index is 580. The van der Waals surface area contributed by atoms with Gasteiger partial charge in [0.2, 0.25) is 0 Å². The van der Waals surface area contributed by atoms with Crippen molar-refractivity contribution in [3.05, 3.63) is 41.5 Å². The zero-order valence-corrected chi connectivity index (χ0v) is 11.0. The third kappa shape index (κ3) is 2.70. The number of aromatic nitrogens is 3. The van der Waals surface area contributed by atoms with E-state index in [0.717, 1.165) is 12.1 Å². The number of nitrogens with one attached hydrogen (secondary N) is 2. The molecule has 1 aliphatic carbocycles. The summed E-state index contributed by atoms with van der Waals surface area (Å²) in [6.07, 6.45) is 5.25. The number of rotatable bonds is 5. The predicted octanol–water partition coefficient (Wildman–Crippen LogP) is 1.60. The molecule has 2 N–H and O–H groups in total. The molecule has 0 aliphatic heterocycles. The maximum atomic E-state index is 11.9. The SMILES string of the molecule is Cn1cccc1CCNC(=O)c1cc(C2CC2)[nH]n1. The van der Waals surface area contributed by atoms with Crippen molar-refractivity contribution in [1.29, 1.82) is 0 Å². The summed E-state index contributed by atoms with van der Waals surface area (Å²) in [4.78, 5) is 11.9. The summed E-state index contributed by atoms with van der Waals surface area (Å²) in [5.74, 6) is 0.495. The number of H-pyrrole nitrogens is 1. The van der Waals surface area contributed by atoms with Gasteiger partial charge in [-0.2, -0.15) is 5.10 Å². The Hall–Kier alpha value is -2.04. The third-order valence-corrected chi connectivity index (χ3v) is 3.57. The van der Waals surface area contributed by atoms with Gasteiger partial charge in [-0.1, -0.05) is 0 Å². The molecule has 0 bridgehead atoms. The van der Waals surface area contributed by atoms with Gasteiger partial charge in [0.15, 0.2) is 0 Å². The summed E-state index contributed by atoms with van der Waals surface area (Å²) in [6.45, 7) is 0.627. The number of aryl methyl sites for hydroxylation is 1. The smallest absolute Gasteiger partial charge is 0.271 e. The van der Waals surface area contributed by atoms with E-state index in [1.54, 1.807) is 0 Å². The van der Waals surface area contributed by atoms with E-state index in [1.807, 2.05) is 25.4 Å². The Balaban J connectivity index is 1.51. The Kier molecular flexibility index (Phi) is 3.11. The molecule has 0 atom stereocenters. The van der Waals surface area contributed by atoms with Crippen LogP contribution in [0.4, 0.5) is 0 Å². The molecule has 0 spiro atoms. The third-order valence-electron chi connectivity index (χ3n) is 3.57. The van der Waals surface area contributed by atoms with E-state index in [2.05, 4.69) is 26.1 Å². The summed E-state index contributed by atoms with van der Waals surface area (Å²) in [5.41, 5.74) is 2.79. The Morgan fingerprint density at radius 3 is 3.11 bits per heavy atom. The Morgan fingerprint density at radius 1 is 1.58 bits per heavy atom. The van der Waals surface area contributed by atoms with E-state index < -0.39 is 0 Å². The van der Waals surface area contributed by atoms with Gasteiger partial charge in [0.25, 0.3) is 5.91 Å². The zero-order valence-electron chi connectivity index (χ0n) is 11.0. The first-order chi connectivity index (χ1) is 9.24. The maximum absolute atomic E-state index is 11.9. The lowest BCUT2D eigenvalue weighted by Gasteiger charge is -2.04. The van der Waals surface area contributed by atoms with Crippen LogP contribution in [0.3, 0.4) is 0 Å². The first-order valence-electron chi connectivity index (χ1n) is 6.68. The summed E-state index contributed by atoms with van der Waals surface area (Å²) < 4.78 is 2.06. The van der Waals surface area contributed by atoms with E-state index in [4.69, 9.17) is 0 Å². The molecule has 1 aliphatic rings. The van der Waals surface area contributed by atoms with Gasteiger partial charge in [-0.25, -0.2) is 0 Å². The molecule has 0 aromatic carbocycles. The number of aromatic amines is 1. The first kappa shape index (κ1) is 12.0. The zero-order chi connectivity index (χ0) is 13.2. The minimum absolute atomic E-state index is 0.0997. The standard InChI is InChI=1S/C14H18N4O/c1-18-8-2-3-11(18)6-7-15-14(19)13-9-12(16-17-13)10-4-5-10/h2-3,8-10H,4-7H2,1H3,(H,15,19)(H,16,17). The van der Waals surface area contributed by atoms with Crippen LogP contribution in [0.2, 0.25) is 0 Å². The number of hydrogen-bond acceptors (Lipinski definition) is 2. The second-order valence-corrected chi connectivity index (χ2v) is 5.10. The lowest BCUT2D eigenvalue weighted by atomic mass is 10.2. The van der Waals surface area contributed by atoms with Gasteiger partial charge in [-0.15, -0.1) is 0 Å². The minimum atomic E-state index is -0.0997. The first-order valence-corrected chi connectivity index (χ1v) is 6.68. The van der Waals surface area contributed by atoms with E-state index >= 15 is 0 Å². The van der Waals surface area contributed by atoms with Crippen molar-refractivity contribution in [3.8, 4) is 0 Å². The fourth-order valence-electron chi connectivity index (χ4n) is 2.21. The number of nitrogens with zero attached hydrogens (tertiary/aromatic N) is 2. The van der Waals surface area contributed by atoms with Crippen LogP contribution in [0, 0.1) is 0 Å². The molecule has 19 heavy (non-hydrogen) atoms. The van der Waals surface area contributed by atoms with Gasteiger partial charge >= 0.3 is 0 Å². The van der Waals surface area contributed by atoms with Crippen LogP contribution in [0.5, 0.6) is 0 Å². The molecule has 1 amide bonds. The predicted molar refractivity (Wildman–Crippen MR) is 72.0 cm³/mol. The molecular weight excluding hydrogens is 240 g/mol. The number of carbonyl (C=O) groups excluding carboxylic acids is 1. The van der Waals surface area contributed by atoms with Crippen LogP contribution in [0.25, 0.3) is 0 Å². The van der Waals surface area contributed by atoms with Gasteiger partial charge in [0.1, 0.15) is 5.69 Å². The van der Waals surface area contributed by atoms with Crippen LogP contribution in [0.1, 0.15) is 40.6 Å². The quantitative estimate of drug-likeness (QED) is 0.855. The highest BCUT2D eigenvalue weighted by molar-refractivity contribution is 5.92. The van der Waals surface area contributed by atoms with E-state index in [-0.39, 0.29) is 5.91 Å². The van der Waals surface area contributed by atoms with E-state index in [9.17, 15) is 4.79 Å². The topological polar surface area (TPSA) is 62.7 Å². The average Bonchev–Trinajstić information content (AvgIpc) is 2.99. The van der Waals surface area contributed by atoms with Crippen molar-refractivity contribution >= 4 is 5.91 Å². The van der Waals surface area contributed by atoms with Gasteiger partial charge in [0, 0.05) is 43.5 Å². The molecule has 2 aromatic rings. The number of carbonyl (C=O) groups is 1. The Labute approximate surface area is 112 Å². The molecule has 1 saturated carbocycles. The van der Waals surface area contributed by atoms with Crippen molar-refractivity contribution in [3.63, 3.8) is 0 Å². The lowest BCUT2D eigenvalue weighted by molar-refractivity contribution is 0.0949. The second-order valence-electron chi connectivity index (χ2n) is 5.10. The van der Waals surface area contributed by atoms with Crippen LogP contribution in [-0.2, 0) is 13.5 Å². The lowest BCUT2D eigenvalue weighted by Crippen LogP contribution is -2.26. The van der Waals surface area contributed by atoms with E-state index in [1.165, 1.54) is 18.5 Å². The van der Waals surface area contributed by atoms with Crippen LogP contribution >= 0.6 is 0 Å². The summed E-state index contributed by atoms with van der Waals surface area (Å²) in [6, 6.07) is 5.94. The van der Waals surface area contributed by atoms with Crippen LogP contribution in [0.15, 0.2) is 24.4 Å². The monoisotopic (exact) mass is 258 g/mol. The maximum Gasteiger partial charge on any atom is 0.271 e. The van der Waals surface area contributed by atoms with Crippen LogP contribution in [-0.4, -0.2) is 27.2 Å². The molecule has 0 unspecified atom stereocenters. The van der Waals surface area contributed by atoms with Gasteiger partial charge in [-0.3, -0.25) is 9.89 Å². The molecule has 100 valence electrons. The van der Waals surface area contributed by atoms with Crippen molar-refractivity contribution in [2.45, 2.75) is 25.2 Å². The summed E-state index contributed by atoms with van der Waals surface area (Å²) >= 11 is 0. The van der Waals surface area contributed by atoms with Gasteiger partial charge in [-0.05, 0) is 31.0 Å². The van der Waals surface area contributed by atoms with Crippen molar-refractivity contribution in [2.24, 2.45) is 7.05 Å². The highest BCUT2D eigenvalue weighted by Crippen LogP contribution is 2.38. The average molecular weight is 258 g/mol. The largest absolute Gasteiger partial charge is 0.354 e. The minimum Gasteiger partial charge on any atom is -0.354 e. The van der Waals surface area contributed by atoms with Gasteiger partial charge in [0.05, 0.1) is 0 Å². The second kappa shape index (κ2) is 4.91. The molecule has 0 radical (unpaired) electrons. The van der Waals surface area contributed by atoms with Crippen molar-refractivity contribution in [1.82, 2.24) is 20.1 Å². The fraction of sp³-hybridized carbons (Fsp3) is 0.429. The fourth-order valence-corrected chi connectivity index (χ4v) is 2.21. The molecule has 5 nitrogen and oxygen atoms in total.